The van der Waals surface area contributed by atoms with Crippen molar-refractivity contribution >= 4 is 33.6 Å². The van der Waals surface area contributed by atoms with E-state index in [4.69, 9.17) is 0 Å². The zero-order valence-corrected chi connectivity index (χ0v) is 14.1. The molecule has 6 heteroatoms. The molecular weight excluding hydrogens is 322 g/mol. The van der Waals surface area contributed by atoms with Gasteiger partial charge in [0.25, 0.3) is 0 Å². The van der Waals surface area contributed by atoms with Crippen LogP contribution in [-0.2, 0) is 0 Å². The number of carbonyl (C=O) groups excluding carboxylic acids is 1. The summed E-state index contributed by atoms with van der Waals surface area (Å²) in [6.07, 6.45) is 0.301. The zero-order chi connectivity index (χ0) is 17.1. The smallest absolute Gasteiger partial charge is 0.205 e. The quantitative estimate of drug-likeness (QED) is 0.867. The van der Waals surface area contributed by atoms with Crippen LogP contribution in [0.15, 0.2) is 29.3 Å². The van der Waals surface area contributed by atoms with Gasteiger partial charge in [-0.15, -0.1) is 11.3 Å². The molecule has 0 spiro atoms. The summed E-state index contributed by atoms with van der Waals surface area (Å²) in [5.74, 6) is 0.100. The van der Waals surface area contributed by atoms with E-state index in [1.165, 1.54) is 11.3 Å². The van der Waals surface area contributed by atoms with Crippen molar-refractivity contribution in [3.63, 3.8) is 0 Å². The molecule has 2 aliphatic heterocycles. The molecule has 1 aromatic carbocycles. The van der Waals surface area contributed by atoms with Crippen LogP contribution in [0.2, 0.25) is 0 Å². The lowest BCUT2D eigenvalue weighted by atomic mass is 9.90. The predicted octanol–water partition coefficient (Wildman–Crippen LogP) is 3.10. The molecule has 3 heterocycles. The number of rotatable bonds is 1. The number of Topliss-reactive ketones (excluding diaryl/α,β-unsaturated/α-hetero) is 1. The van der Waals surface area contributed by atoms with Crippen LogP contribution in [0.5, 0.6) is 0 Å². The summed E-state index contributed by atoms with van der Waals surface area (Å²) in [4.78, 5) is 20.3. The topological polar surface area (TPSA) is 76.7 Å². The minimum absolute atomic E-state index is 0.275. The van der Waals surface area contributed by atoms with E-state index in [1.807, 2.05) is 30.9 Å². The van der Waals surface area contributed by atoms with Gasteiger partial charge in [-0.3, -0.25) is 4.79 Å². The van der Waals surface area contributed by atoms with E-state index in [0.29, 0.717) is 34.9 Å². The Bertz CT molecular complexity index is 954. The highest BCUT2D eigenvalue weighted by atomic mass is 32.1. The molecule has 0 amide bonds. The standard InChI is InChI=1S/C18H15N3O2S/c1-10-8-13-15(22)18(23)6-7-21(17(18)20-16(13)24-10)14-5-3-4-12(9-19)11(14)2/h3-5,8,23H,6-7H2,1-2H3/t18-/m1/s1. The lowest BCUT2D eigenvalue weighted by molar-refractivity contribution is 0.0603. The molecule has 1 atom stereocenters. The van der Waals surface area contributed by atoms with Crippen molar-refractivity contribution in [2.75, 3.05) is 11.4 Å². The van der Waals surface area contributed by atoms with Gasteiger partial charge in [0.05, 0.1) is 17.2 Å². The van der Waals surface area contributed by atoms with Gasteiger partial charge in [0.1, 0.15) is 5.00 Å². The Morgan fingerprint density at radius 3 is 2.96 bits per heavy atom. The van der Waals surface area contributed by atoms with Crippen LogP contribution in [0.3, 0.4) is 0 Å². The van der Waals surface area contributed by atoms with E-state index in [0.717, 1.165) is 16.1 Å². The molecule has 0 saturated carbocycles. The number of hydrogen-bond acceptors (Lipinski definition) is 6. The van der Waals surface area contributed by atoms with Crippen LogP contribution in [0.1, 0.15) is 32.8 Å². The van der Waals surface area contributed by atoms with E-state index in [2.05, 4.69) is 11.1 Å². The van der Waals surface area contributed by atoms with Crippen molar-refractivity contribution in [2.45, 2.75) is 25.9 Å². The van der Waals surface area contributed by atoms with E-state index in [9.17, 15) is 15.2 Å². The maximum absolute atomic E-state index is 12.8. The third-order valence-corrected chi connectivity index (χ3v) is 5.65. The number of aliphatic hydroxyl groups is 1. The van der Waals surface area contributed by atoms with Crippen molar-refractivity contribution in [1.29, 1.82) is 5.26 Å². The summed E-state index contributed by atoms with van der Waals surface area (Å²) in [6.45, 7) is 4.29. The van der Waals surface area contributed by atoms with E-state index < -0.39 is 5.60 Å². The maximum Gasteiger partial charge on any atom is 0.205 e. The van der Waals surface area contributed by atoms with Gasteiger partial charge in [-0.2, -0.15) is 5.26 Å². The Labute approximate surface area is 143 Å². The molecular formula is C18H15N3O2S. The first-order valence-electron chi connectivity index (χ1n) is 7.70. The van der Waals surface area contributed by atoms with Crippen molar-refractivity contribution in [1.82, 2.24) is 0 Å². The average Bonchev–Trinajstić information content (AvgIpc) is 3.09. The number of aryl methyl sites for hydroxylation is 1. The summed E-state index contributed by atoms with van der Waals surface area (Å²) in [5.41, 5.74) is 1.16. The van der Waals surface area contributed by atoms with Gasteiger partial charge in [0.2, 0.25) is 5.78 Å². The first-order valence-corrected chi connectivity index (χ1v) is 8.51. The van der Waals surface area contributed by atoms with Gasteiger partial charge in [0.15, 0.2) is 11.4 Å². The monoisotopic (exact) mass is 337 g/mol. The second-order valence-electron chi connectivity index (χ2n) is 6.16. The zero-order valence-electron chi connectivity index (χ0n) is 13.3. The lowest BCUT2D eigenvalue weighted by Gasteiger charge is -2.29. The van der Waals surface area contributed by atoms with Crippen LogP contribution in [0, 0.1) is 25.2 Å². The van der Waals surface area contributed by atoms with Crippen LogP contribution in [-0.4, -0.2) is 28.9 Å². The normalized spacial score (nSPS) is 22.0. The Balaban J connectivity index is 1.89. The van der Waals surface area contributed by atoms with Gasteiger partial charge in [-0.1, -0.05) is 6.07 Å². The van der Waals surface area contributed by atoms with Gasteiger partial charge in [0, 0.05) is 23.5 Å². The number of fused-ring (bicyclic) bond motifs is 2. The molecule has 2 aromatic rings. The SMILES string of the molecule is Cc1cc2c(s1)N=C1N(c3cccc(C#N)c3C)CC[C@@]1(O)C2=O. The van der Waals surface area contributed by atoms with E-state index in [1.54, 1.807) is 12.1 Å². The number of amidine groups is 1. The third-order valence-electron chi connectivity index (χ3n) is 4.70. The summed E-state index contributed by atoms with van der Waals surface area (Å²) in [6, 6.07) is 9.43. The predicted molar refractivity (Wildman–Crippen MR) is 93.3 cm³/mol. The van der Waals surface area contributed by atoms with Crippen LogP contribution in [0.25, 0.3) is 0 Å². The number of hydrogen-bond donors (Lipinski definition) is 1. The average molecular weight is 337 g/mol. The fourth-order valence-corrected chi connectivity index (χ4v) is 4.30. The number of thiophene rings is 1. The van der Waals surface area contributed by atoms with Crippen LogP contribution >= 0.6 is 11.3 Å². The van der Waals surface area contributed by atoms with Gasteiger partial charge >= 0.3 is 0 Å². The van der Waals surface area contributed by atoms with Gasteiger partial charge in [-0.05, 0) is 37.6 Å². The Hall–Kier alpha value is -2.49. The maximum atomic E-state index is 12.8. The third kappa shape index (κ3) is 1.89. The van der Waals surface area contributed by atoms with Crippen molar-refractivity contribution in [3.8, 4) is 6.07 Å². The first-order chi connectivity index (χ1) is 11.5. The number of carbonyl (C=O) groups is 1. The van der Waals surface area contributed by atoms with E-state index in [-0.39, 0.29) is 5.78 Å². The highest BCUT2D eigenvalue weighted by molar-refractivity contribution is 7.16. The lowest BCUT2D eigenvalue weighted by Crippen LogP contribution is -2.48. The minimum atomic E-state index is -1.57. The molecule has 24 heavy (non-hydrogen) atoms. The Morgan fingerprint density at radius 1 is 1.42 bits per heavy atom. The molecule has 0 bridgehead atoms. The number of nitriles is 1. The fraction of sp³-hybridized carbons (Fsp3) is 0.278. The number of ketones is 1. The summed E-state index contributed by atoms with van der Waals surface area (Å²) >= 11 is 1.45. The van der Waals surface area contributed by atoms with Crippen molar-refractivity contribution in [3.05, 3.63) is 45.8 Å². The largest absolute Gasteiger partial charge is 0.374 e. The highest BCUT2D eigenvalue weighted by Gasteiger charge is 2.53. The van der Waals surface area contributed by atoms with Crippen LogP contribution in [0.4, 0.5) is 10.7 Å². The van der Waals surface area contributed by atoms with Crippen molar-refractivity contribution in [2.24, 2.45) is 4.99 Å². The minimum Gasteiger partial charge on any atom is -0.374 e. The molecule has 4 rings (SSSR count). The molecule has 1 saturated heterocycles. The second-order valence-corrected chi connectivity index (χ2v) is 7.40. The Kier molecular flexibility index (Phi) is 3.14. The molecule has 1 aromatic heterocycles. The number of benzene rings is 1. The van der Waals surface area contributed by atoms with Crippen molar-refractivity contribution < 1.29 is 9.90 Å². The number of anilines is 1. The second kappa shape index (κ2) is 5.00. The van der Waals surface area contributed by atoms with Gasteiger partial charge < -0.3 is 10.0 Å². The number of aliphatic imine (C=N–C) groups is 1. The van der Waals surface area contributed by atoms with E-state index >= 15 is 0 Å². The molecule has 1 fully saturated rings. The molecule has 1 N–H and O–H groups in total. The summed E-state index contributed by atoms with van der Waals surface area (Å²) in [7, 11) is 0. The highest BCUT2D eigenvalue weighted by Crippen LogP contribution is 2.43. The van der Waals surface area contributed by atoms with Gasteiger partial charge in [-0.25, -0.2) is 4.99 Å². The molecule has 0 radical (unpaired) electrons. The van der Waals surface area contributed by atoms with Crippen LogP contribution < -0.4 is 4.90 Å². The molecule has 0 unspecified atom stereocenters. The molecule has 0 aliphatic carbocycles. The molecule has 120 valence electrons. The Morgan fingerprint density at radius 2 is 2.21 bits per heavy atom. The first kappa shape index (κ1) is 15.1. The molecule has 5 nitrogen and oxygen atoms in total. The fourth-order valence-electron chi connectivity index (χ4n) is 3.42. The number of nitrogens with zero attached hydrogens (tertiary/aromatic N) is 3. The summed E-state index contributed by atoms with van der Waals surface area (Å²) < 4.78 is 0. The molecule has 2 aliphatic rings. The summed E-state index contributed by atoms with van der Waals surface area (Å²) in [5, 5.41) is 20.9.